The second-order valence-corrected chi connectivity index (χ2v) is 19.3. The van der Waals surface area contributed by atoms with E-state index in [1.165, 1.54) is 167 Å². The van der Waals surface area contributed by atoms with Crippen LogP contribution in [0.5, 0.6) is 0 Å². The van der Waals surface area contributed by atoms with E-state index in [2.05, 4.69) is 55.6 Å². The normalized spacial score (nSPS) is 12.9. The Balaban J connectivity index is 3.51. The van der Waals surface area contributed by atoms with Crippen LogP contribution in [-0.2, 0) is 14.3 Å². The third-order valence-electron chi connectivity index (χ3n) is 12.9. The predicted octanol–water partition coefficient (Wildman–Crippen LogP) is 17.2. The van der Waals surface area contributed by atoms with Gasteiger partial charge in [-0.15, -0.1) is 0 Å². The van der Waals surface area contributed by atoms with Crippen molar-refractivity contribution >= 4 is 11.9 Å². The number of allylic oxidation sites excluding steroid dienone is 6. The number of hydrogen-bond donors (Lipinski definition) is 3. The first-order valence-electron chi connectivity index (χ1n) is 28.2. The zero-order valence-corrected chi connectivity index (χ0v) is 42.8. The van der Waals surface area contributed by atoms with Crippen molar-refractivity contribution in [3.05, 3.63) is 36.5 Å². The van der Waals surface area contributed by atoms with Crippen molar-refractivity contribution in [3.8, 4) is 0 Å². The number of ether oxygens (including phenoxy) is 1. The highest BCUT2D eigenvalue weighted by molar-refractivity contribution is 5.76. The lowest BCUT2D eigenvalue weighted by atomic mass is 10.0. The lowest BCUT2D eigenvalue weighted by Crippen LogP contribution is -2.45. The minimum Gasteiger partial charge on any atom is -0.466 e. The van der Waals surface area contributed by atoms with Gasteiger partial charge in [0.05, 0.1) is 25.4 Å². The Morgan fingerprint density at radius 2 is 0.812 bits per heavy atom. The Labute approximate surface area is 398 Å². The highest BCUT2D eigenvalue weighted by atomic mass is 16.5. The molecule has 0 saturated heterocycles. The molecule has 6 heteroatoms. The highest BCUT2D eigenvalue weighted by Gasteiger charge is 2.20. The molecule has 3 N–H and O–H groups in total. The summed E-state index contributed by atoms with van der Waals surface area (Å²) < 4.78 is 5.42. The molecule has 0 aromatic carbocycles. The maximum absolute atomic E-state index is 12.5. The molecule has 0 fully saturated rings. The van der Waals surface area contributed by atoms with Crippen molar-refractivity contribution in [3.63, 3.8) is 0 Å². The summed E-state index contributed by atoms with van der Waals surface area (Å²) in [6, 6.07) is -0.565. The van der Waals surface area contributed by atoms with Crippen LogP contribution in [0.2, 0.25) is 0 Å². The van der Waals surface area contributed by atoms with E-state index in [4.69, 9.17) is 4.74 Å². The van der Waals surface area contributed by atoms with Crippen LogP contribution in [0.4, 0.5) is 0 Å². The Hall–Kier alpha value is -1.92. The van der Waals surface area contributed by atoms with Gasteiger partial charge in [0.2, 0.25) is 5.91 Å². The van der Waals surface area contributed by atoms with E-state index in [1.807, 2.05) is 0 Å². The monoisotopic (exact) mass is 900 g/mol. The number of hydrogen-bond acceptors (Lipinski definition) is 5. The molecule has 0 aliphatic heterocycles. The average molecular weight is 901 g/mol. The van der Waals surface area contributed by atoms with E-state index in [0.29, 0.717) is 25.9 Å². The maximum atomic E-state index is 12.5. The number of esters is 1. The van der Waals surface area contributed by atoms with Gasteiger partial charge in [0.15, 0.2) is 0 Å². The van der Waals surface area contributed by atoms with Crippen molar-refractivity contribution in [2.75, 3.05) is 13.2 Å². The van der Waals surface area contributed by atoms with Crippen LogP contribution in [0.3, 0.4) is 0 Å². The van der Waals surface area contributed by atoms with Crippen LogP contribution in [0.25, 0.3) is 0 Å². The Morgan fingerprint density at radius 1 is 0.438 bits per heavy atom. The molecule has 0 spiro atoms. The second-order valence-electron chi connectivity index (χ2n) is 19.3. The van der Waals surface area contributed by atoms with Gasteiger partial charge in [-0.2, -0.15) is 0 Å². The summed E-state index contributed by atoms with van der Waals surface area (Å²) in [4.78, 5) is 24.5. The molecule has 0 aromatic rings. The summed E-state index contributed by atoms with van der Waals surface area (Å²) in [6.45, 7) is 4.81. The zero-order valence-electron chi connectivity index (χ0n) is 42.8. The summed E-state index contributed by atoms with van der Waals surface area (Å²) >= 11 is 0. The van der Waals surface area contributed by atoms with Gasteiger partial charge in [-0.05, 0) is 77.0 Å². The number of carbonyl (C=O) groups excluding carboxylic acids is 2. The summed E-state index contributed by atoms with van der Waals surface area (Å²) in [7, 11) is 0. The Morgan fingerprint density at radius 3 is 1.27 bits per heavy atom. The van der Waals surface area contributed by atoms with Crippen LogP contribution in [0.1, 0.15) is 296 Å². The van der Waals surface area contributed by atoms with Gasteiger partial charge in [-0.1, -0.05) is 243 Å². The van der Waals surface area contributed by atoms with Crippen molar-refractivity contribution in [1.82, 2.24) is 5.32 Å². The maximum Gasteiger partial charge on any atom is 0.305 e. The molecule has 2 unspecified atom stereocenters. The van der Waals surface area contributed by atoms with E-state index < -0.39 is 12.1 Å². The van der Waals surface area contributed by atoms with Crippen molar-refractivity contribution in [1.29, 1.82) is 0 Å². The first-order chi connectivity index (χ1) is 31.5. The SMILES string of the molecule is CCC/C=C\C/C=C\CCCCCCCC(=O)OCCCC/C=C\CCCCCCCC(=O)NC(CO)C(O)CCCCCCCCCCCCCCCCCCCCCCCCC. The van der Waals surface area contributed by atoms with E-state index in [9.17, 15) is 19.8 Å². The molecule has 0 aromatic heterocycles. The van der Waals surface area contributed by atoms with Crippen LogP contribution >= 0.6 is 0 Å². The Bertz CT molecular complexity index is 1040. The first-order valence-corrected chi connectivity index (χ1v) is 28.2. The minimum absolute atomic E-state index is 0.0462. The second kappa shape index (κ2) is 53.7. The van der Waals surface area contributed by atoms with Crippen LogP contribution in [-0.4, -0.2) is 47.4 Å². The molecule has 0 aliphatic rings. The zero-order chi connectivity index (χ0) is 46.5. The summed E-state index contributed by atoms with van der Waals surface area (Å²) in [6.07, 6.45) is 65.6. The summed E-state index contributed by atoms with van der Waals surface area (Å²) in [5, 5.41) is 23.3. The molecule has 64 heavy (non-hydrogen) atoms. The van der Waals surface area contributed by atoms with Gasteiger partial charge >= 0.3 is 5.97 Å². The molecule has 0 heterocycles. The average Bonchev–Trinajstić information content (AvgIpc) is 3.29. The quantitative estimate of drug-likeness (QED) is 0.0321. The number of rotatable bonds is 52. The standard InChI is InChI=1S/C58H109NO5/c1-3-5-7-9-11-13-15-17-18-19-20-21-22-23-24-25-26-28-30-34-38-42-46-50-56(61)55(54-60)59-57(62)51-47-43-39-35-31-29-33-37-41-45-49-53-64-58(63)52-48-44-40-36-32-27-16-14-12-10-8-6-4-2/h8,10,14,16,33,37,55-56,60-61H,3-7,9,11-13,15,17-32,34-36,38-54H2,1-2H3,(H,59,62)/b10-8-,16-14-,37-33-. The fourth-order valence-corrected chi connectivity index (χ4v) is 8.55. The third-order valence-corrected chi connectivity index (χ3v) is 12.9. The fraction of sp³-hybridized carbons (Fsp3) is 0.862. The van der Waals surface area contributed by atoms with E-state index in [1.54, 1.807) is 0 Å². The van der Waals surface area contributed by atoms with Crippen LogP contribution in [0, 0.1) is 0 Å². The highest BCUT2D eigenvalue weighted by Crippen LogP contribution is 2.17. The first kappa shape index (κ1) is 62.1. The van der Waals surface area contributed by atoms with E-state index in [0.717, 1.165) is 96.3 Å². The molecule has 1 amide bonds. The smallest absolute Gasteiger partial charge is 0.305 e. The number of unbranched alkanes of at least 4 members (excludes halogenated alkanes) is 35. The van der Waals surface area contributed by atoms with Gasteiger partial charge in [-0.3, -0.25) is 9.59 Å². The molecular weight excluding hydrogens is 791 g/mol. The van der Waals surface area contributed by atoms with Crippen LogP contribution < -0.4 is 5.32 Å². The largest absolute Gasteiger partial charge is 0.466 e. The lowest BCUT2D eigenvalue weighted by molar-refractivity contribution is -0.143. The molecule has 0 aliphatic carbocycles. The topological polar surface area (TPSA) is 95.9 Å². The molecule has 6 nitrogen and oxygen atoms in total. The van der Waals surface area contributed by atoms with Crippen molar-refractivity contribution in [2.45, 2.75) is 309 Å². The van der Waals surface area contributed by atoms with Gasteiger partial charge < -0.3 is 20.3 Å². The third kappa shape index (κ3) is 49.5. The number of aliphatic hydroxyl groups is 2. The predicted molar refractivity (Wildman–Crippen MR) is 278 cm³/mol. The molecular formula is C58H109NO5. The number of aliphatic hydroxyl groups excluding tert-OH is 2. The molecule has 0 radical (unpaired) electrons. The summed E-state index contributed by atoms with van der Waals surface area (Å²) in [5.41, 5.74) is 0. The van der Waals surface area contributed by atoms with Crippen molar-refractivity contribution < 1.29 is 24.5 Å². The Kier molecular flexibility index (Phi) is 52.1. The molecule has 0 bridgehead atoms. The van der Waals surface area contributed by atoms with Gasteiger partial charge in [-0.25, -0.2) is 0 Å². The number of nitrogens with one attached hydrogen (secondary N) is 1. The number of amides is 1. The van der Waals surface area contributed by atoms with Gasteiger partial charge in [0, 0.05) is 12.8 Å². The molecule has 376 valence electrons. The van der Waals surface area contributed by atoms with Gasteiger partial charge in [0.1, 0.15) is 0 Å². The number of carbonyl (C=O) groups is 2. The van der Waals surface area contributed by atoms with Crippen molar-refractivity contribution in [2.24, 2.45) is 0 Å². The minimum atomic E-state index is -0.685. The lowest BCUT2D eigenvalue weighted by Gasteiger charge is -2.22. The fourth-order valence-electron chi connectivity index (χ4n) is 8.55. The summed E-state index contributed by atoms with van der Waals surface area (Å²) in [5.74, 6) is -0.109. The van der Waals surface area contributed by atoms with E-state index in [-0.39, 0.29) is 18.5 Å². The molecule has 0 saturated carbocycles. The molecule has 0 rings (SSSR count). The molecule has 2 atom stereocenters. The van der Waals surface area contributed by atoms with Gasteiger partial charge in [0.25, 0.3) is 0 Å². The van der Waals surface area contributed by atoms with E-state index >= 15 is 0 Å². The van der Waals surface area contributed by atoms with Crippen LogP contribution in [0.15, 0.2) is 36.5 Å².